The molecule has 1 aliphatic heterocycles. The molecule has 8 heteroatoms. The molecule has 29 heavy (non-hydrogen) atoms. The van der Waals surface area contributed by atoms with Crippen molar-refractivity contribution >= 4 is 16.3 Å². The van der Waals surface area contributed by atoms with E-state index in [1.807, 2.05) is 6.92 Å². The van der Waals surface area contributed by atoms with Crippen LogP contribution in [0.25, 0.3) is 4.96 Å². The summed E-state index contributed by atoms with van der Waals surface area (Å²) in [6, 6.07) is 8.89. The van der Waals surface area contributed by atoms with Gasteiger partial charge in [-0.3, -0.25) is 0 Å². The van der Waals surface area contributed by atoms with Gasteiger partial charge in [-0.1, -0.05) is 49.4 Å². The zero-order valence-electron chi connectivity index (χ0n) is 17.4. The second-order valence-electron chi connectivity index (χ2n) is 8.28. The zero-order valence-corrected chi connectivity index (χ0v) is 18.2. The molecule has 0 amide bonds. The number of fused-ring (bicyclic) bond motifs is 1. The van der Waals surface area contributed by atoms with Gasteiger partial charge in [0.1, 0.15) is 43.4 Å². The molecule has 1 fully saturated rings. The number of hydrogen-bond donors (Lipinski definition) is 4. The molecule has 0 bridgehead atoms. The predicted molar refractivity (Wildman–Crippen MR) is 113 cm³/mol. The Labute approximate surface area is 175 Å². The summed E-state index contributed by atoms with van der Waals surface area (Å²) in [6.45, 7) is 11.3. The van der Waals surface area contributed by atoms with Crippen molar-refractivity contribution in [1.82, 2.24) is 14.6 Å². The maximum atomic E-state index is 11.0. The molecular formula is C21H31N5O2S+2. The van der Waals surface area contributed by atoms with Crippen LogP contribution in [0.3, 0.4) is 0 Å². The van der Waals surface area contributed by atoms with Gasteiger partial charge in [0.25, 0.3) is 0 Å². The van der Waals surface area contributed by atoms with Gasteiger partial charge in [-0.05, 0) is 18.4 Å². The summed E-state index contributed by atoms with van der Waals surface area (Å²) in [5, 5.41) is 24.6. The molecule has 3 heterocycles. The van der Waals surface area contributed by atoms with Gasteiger partial charge in [-0.2, -0.15) is 4.52 Å². The number of thiazole rings is 1. The first-order valence-corrected chi connectivity index (χ1v) is 11.2. The minimum atomic E-state index is 0.0562. The molecule has 1 atom stereocenters. The van der Waals surface area contributed by atoms with Gasteiger partial charge in [0.05, 0.1) is 6.61 Å². The number of piperazine rings is 1. The number of nitrogens with one attached hydrogen (secondary N) is 2. The van der Waals surface area contributed by atoms with Crippen LogP contribution in [0.15, 0.2) is 24.3 Å². The highest BCUT2D eigenvalue weighted by Gasteiger charge is 2.36. The van der Waals surface area contributed by atoms with Crippen LogP contribution in [0.4, 0.5) is 0 Å². The van der Waals surface area contributed by atoms with Crippen molar-refractivity contribution in [2.75, 3.05) is 39.3 Å². The van der Waals surface area contributed by atoms with Crippen LogP contribution < -0.4 is 9.80 Å². The van der Waals surface area contributed by atoms with Crippen molar-refractivity contribution in [2.45, 2.75) is 32.7 Å². The Morgan fingerprint density at radius 2 is 1.76 bits per heavy atom. The predicted octanol–water partition coefficient (Wildman–Crippen LogP) is -0.207. The summed E-state index contributed by atoms with van der Waals surface area (Å²) in [5.41, 5.74) is 2.54. The van der Waals surface area contributed by atoms with Gasteiger partial charge in [-0.15, -0.1) is 5.10 Å². The van der Waals surface area contributed by atoms with E-state index in [-0.39, 0.29) is 18.5 Å². The van der Waals surface area contributed by atoms with E-state index in [1.165, 1.54) is 32.3 Å². The SMILES string of the molecule is Cc1nc2sc([C@@H](c3ccc(C(C)C)cc3)[NH+]3CC[NH+](CCO)CC3)c(O)n2n1. The van der Waals surface area contributed by atoms with E-state index in [1.54, 1.807) is 4.52 Å². The maximum Gasteiger partial charge on any atom is 0.235 e. The highest BCUT2D eigenvalue weighted by Crippen LogP contribution is 2.35. The van der Waals surface area contributed by atoms with E-state index >= 15 is 0 Å². The molecule has 7 nitrogen and oxygen atoms in total. The fourth-order valence-corrected chi connectivity index (χ4v) is 5.49. The lowest BCUT2D eigenvalue weighted by Gasteiger charge is -2.34. The molecule has 0 spiro atoms. The number of nitrogens with zero attached hydrogens (tertiary/aromatic N) is 3. The molecule has 0 saturated carbocycles. The smallest absolute Gasteiger partial charge is 0.235 e. The number of rotatable bonds is 6. The Bertz CT molecular complexity index is 958. The number of aliphatic hydroxyl groups is 1. The third-order valence-electron chi connectivity index (χ3n) is 5.98. The number of hydrogen-bond acceptors (Lipinski definition) is 5. The molecule has 0 unspecified atom stereocenters. The van der Waals surface area contributed by atoms with Crippen LogP contribution >= 0.6 is 11.3 Å². The van der Waals surface area contributed by atoms with Crippen molar-refractivity contribution in [3.63, 3.8) is 0 Å². The summed E-state index contributed by atoms with van der Waals surface area (Å²) < 4.78 is 1.57. The number of quaternary nitrogens is 2. The average molecular weight is 418 g/mol. The van der Waals surface area contributed by atoms with Crippen LogP contribution in [0.1, 0.15) is 47.6 Å². The number of aryl methyl sites for hydroxylation is 1. The van der Waals surface area contributed by atoms with Crippen molar-refractivity contribution < 1.29 is 20.0 Å². The lowest BCUT2D eigenvalue weighted by molar-refractivity contribution is -1.02. The van der Waals surface area contributed by atoms with Gasteiger partial charge >= 0.3 is 0 Å². The molecule has 1 aliphatic rings. The van der Waals surface area contributed by atoms with Gasteiger partial charge in [0, 0.05) is 5.56 Å². The maximum absolute atomic E-state index is 11.0. The van der Waals surface area contributed by atoms with Crippen molar-refractivity contribution in [3.8, 4) is 5.88 Å². The Hall–Kier alpha value is -2.00. The minimum Gasteiger partial charge on any atom is -0.492 e. The zero-order chi connectivity index (χ0) is 20.5. The molecule has 0 radical (unpaired) electrons. The quantitative estimate of drug-likeness (QED) is 0.448. The minimum absolute atomic E-state index is 0.0562. The fraction of sp³-hybridized carbons (Fsp3) is 0.524. The summed E-state index contributed by atoms with van der Waals surface area (Å²) in [6.07, 6.45) is 0. The molecule has 2 aromatic heterocycles. The molecule has 1 saturated heterocycles. The first-order chi connectivity index (χ1) is 14.0. The third kappa shape index (κ3) is 4.02. The molecule has 0 aliphatic carbocycles. The first kappa shape index (κ1) is 20.3. The van der Waals surface area contributed by atoms with Gasteiger partial charge in [0.15, 0.2) is 6.04 Å². The standard InChI is InChI=1S/C21H29N5O2S/c1-14(2)16-4-6-17(7-5-16)18(25-10-8-24(9-11-25)12-13-27)19-20(28)26-21(29-19)22-15(3)23-26/h4-7,14,18,27-28H,8-13H2,1-3H3/p+2/t18-/m1/s1. The number of aliphatic hydroxyl groups excluding tert-OH is 1. The molecule has 4 N–H and O–H groups in total. The van der Waals surface area contributed by atoms with Crippen LogP contribution in [0.5, 0.6) is 5.88 Å². The number of benzene rings is 1. The average Bonchev–Trinajstić information content (AvgIpc) is 3.21. The second kappa shape index (κ2) is 8.39. The van der Waals surface area contributed by atoms with E-state index in [9.17, 15) is 10.2 Å². The largest absolute Gasteiger partial charge is 0.492 e. The fourth-order valence-electron chi connectivity index (χ4n) is 4.30. The van der Waals surface area contributed by atoms with Crippen LogP contribution in [-0.4, -0.2) is 64.1 Å². The molecule has 1 aromatic carbocycles. The van der Waals surface area contributed by atoms with E-state index in [0.29, 0.717) is 11.7 Å². The molecular weight excluding hydrogens is 386 g/mol. The first-order valence-electron chi connectivity index (χ1n) is 10.4. The molecule has 156 valence electrons. The second-order valence-corrected chi connectivity index (χ2v) is 9.29. The third-order valence-corrected chi connectivity index (χ3v) is 7.06. The summed E-state index contributed by atoms with van der Waals surface area (Å²) in [4.78, 5) is 9.02. The highest BCUT2D eigenvalue weighted by atomic mass is 32.1. The number of aromatic nitrogens is 3. The lowest BCUT2D eigenvalue weighted by atomic mass is 9.97. The van der Waals surface area contributed by atoms with Crippen LogP contribution in [0.2, 0.25) is 0 Å². The highest BCUT2D eigenvalue weighted by molar-refractivity contribution is 7.17. The van der Waals surface area contributed by atoms with Gasteiger partial charge in [0.2, 0.25) is 10.8 Å². The summed E-state index contributed by atoms with van der Waals surface area (Å²) >= 11 is 1.53. The Morgan fingerprint density at radius 3 is 2.34 bits per heavy atom. The summed E-state index contributed by atoms with van der Waals surface area (Å²) in [5.74, 6) is 1.37. The van der Waals surface area contributed by atoms with Crippen LogP contribution in [-0.2, 0) is 0 Å². The lowest BCUT2D eigenvalue weighted by Crippen LogP contribution is -3.28. The van der Waals surface area contributed by atoms with E-state index in [4.69, 9.17) is 0 Å². The summed E-state index contributed by atoms with van der Waals surface area (Å²) in [7, 11) is 0. The number of aromatic hydroxyl groups is 1. The van der Waals surface area contributed by atoms with E-state index in [0.717, 1.165) is 42.6 Å². The van der Waals surface area contributed by atoms with E-state index < -0.39 is 0 Å². The molecule has 3 aromatic rings. The monoisotopic (exact) mass is 417 g/mol. The van der Waals surface area contributed by atoms with Crippen molar-refractivity contribution in [2.24, 2.45) is 0 Å². The van der Waals surface area contributed by atoms with Gasteiger partial charge in [-0.25, -0.2) is 4.98 Å². The van der Waals surface area contributed by atoms with Crippen molar-refractivity contribution in [3.05, 3.63) is 46.1 Å². The Kier molecular flexibility index (Phi) is 5.87. The molecule has 4 rings (SSSR count). The normalized spacial score (nSPS) is 21.1. The Morgan fingerprint density at radius 1 is 1.10 bits per heavy atom. The van der Waals surface area contributed by atoms with Crippen LogP contribution in [0, 0.1) is 6.92 Å². The Balaban J connectivity index is 1.70. The van der Waals surface area contributed by atoms with E-state index in [2.05, 4.69) is 48.2 Å². The van der Waals surface area contributed by atoms with Crippen molar-refractivity contribution in [1.29, 1.82) is 0 Å². The van der Waals surface area contributed by atoms with Gasteiger partial charge < -0.3 is 20.0 Å². The topological polar surface area (TPSA) is 79.5 Å².